The van der Waals surface area contributed by atoms with Gasteiger partial charge < -0.3 is 9.97 Å². The van der Waals surface area contributed by atoms with Crippen LogP contribution >= 0.6 is 0 Å². The Bertz CT molecular complexity index is 1380. The molecule has 0 aliphatic carbocycles. The van der Waals surface area contributed by atoms with Crippen molar-refractivity contribution in [3.63, 3.8) is 0 Å². The third kappa shape index (κ3) is 8.66. The maximum absolute atomic E-state index is 4.69. The van der Waals surface area contributed by atoms with Gasteiger partial charge in [-0.05, 0) is 46.1 Å². The van der Waals surface area contributed by atoms with Crippen LogP contribution in [0.25, 0.3) is 33.6 Å². The summed E-state index contributed by atoms with van der Waals surface area (Å²) in [6, 6.07) is 39.2. The number of rotatable bonds is 6. The van der Waals surface area contributed by atoms with Crippen molar-refractivity contribution >= 4 is 13.3 Å². The van der Waals surface area contributed by atoms with Crippen molar-refractivity contribution < 1.29 is 20.1 Å². The largest absolute Gasteiger partial charge is 0.305 e. The molecule has 1 radical (unpaired) electrons. The molecule has 0 atom stereocenters. The molecule has 39 heavy (non-hydrogen) atoms. The maximum atomic E-state index is 4.69. The molecular weight excluding hydrogens is 669 g/mol. The van der Waals surface area contributed by atoms with Gasteiger partial charge in [0.25, 0.3) is 0 Å². The Morgan fingerprint density at radius 2 is 1.28 bits per heavy atom. The van der Waals surface area contributed by atoms with Gasteiger partial charge in [-0.25, -0.2) is 0 Å². The summed E-state index contributed by atoms with van der Waals surface area (Å²) in [6.45, 7) is 11.7. The quantitative estimate of drug-likeness (QED) is 0.131. The second kappa shape index (κ2) is 14.3. The Hall–Kier alpha value is -3.17. The third-order valence-electron chi connectivity index (χ3n) is 6.26. The fourth-order valence-electron chi connectivity index (χ4n) is 4.42. The zero-order valence-electron chi connectivity index (χ0n) is 23.4. The van der Waals surface area contributed by atoms with Gasteiger partial charge in [-0.2, -0.15) is 0 Å². The van der Waals surface area contributed by atoms with E-state index in [1.54, 1.807) is 0 Å². The summed E-state index contributed by atoms with van der Waals surface area (Å²) in [7, 11) is -1.34. The first-order valence-corrected chi connectivity index (χ1v) is 16.8. The minimum atomic E-state index is -1.34. The van der Waals surface area contributed by atoms with E-state index in [1.165, 1.54) is 21.9 Å². The van der Waals surface area contributed by atoms with Gasteiger partial charge in [-0.3, -0.25) is 0 Å². The van der Waals surface area contributed by atoms with E-state index in [4.69, 9.17) is 0 Å². The molecule has 0 saturated carbocycles. The molecule has 201 valence electrons. The Morgan fingerprint density at radius 1 is 0.692 bits per heavy atom. The number of aromatic nitrogens is 2. The van der Waals surface area contributed by atoms with Crippen LogP contribution in [0.15, 0.2) is 109 Å². The van der Waals surface area contributed by atoms with Crippen LogP contribution in [-0.4, -0.2) is 18.0 Å². The second-order valence-corrected chi connectivity index (χ2v) is 16.0. The Morgan fingerprint density at radius 3 is 1.82 bits per heavy atom. The monoisotopic (exact) mass is 705 g/mol. The van der Waals surface area contributed by atoms with Crippen LogP contribution < -0.4 is 5.19 Å². The molecule has 0 spiro atoms. The van der Waals surface area contributed by atoms with Crippen LogP contribution in [0.3, 0.4) is 0 Å². The van der Waals surface area contributed by atoms with Gasteiger partial charge in [-0.1, -0.05) is 81.5 Å². The summed E-state index contributed by atoms with van der Waals surface area (Å²) in [4.78, 5) is 9.09. The van der Waals surface area contributed by atoms with Gasteiger partial charge in [0.15, 0.2) is 0 Å². The summed E-state index contributed by atoms with van der Waals surface area (Å²) < 4.78 is 0. The van der Waals surface area contributed by atoms with Gasteiger partial charge in [0.1, 0.15) is 0 Å². The molecule has 0 amide bonds. The van der Waals surface area contributed by atoms with Gasteiger partial charge >= 0.3 is 0 Å². The molecular formula is C35H36IrN2Si-2. The van der Waals surface area contributed by atoms with Crippen molar-refractivity contribution in [2.24, 2.45) is 5.92 Å². The van der Waals surface area contributed by atoms with Crippen molar-refractivity contribution in [2.45, 2.75) is 39.9 Å². The van der Waals surface area contributed by atoms with E-state index in [0.29, 0.717) is 5.92 Å². The molecule has 0 fully saturated rings. The van der Waals surface area contributed by atoms with Crippen LogP contribution in [-0.2, 0) is 26.5 Å². The summed E-state index contributed by atoms with van der Waals surface area (Å²) in [5.74, 6) is 0.667. The second-order valence-electron chi connectivity index (χ2n) is 10.9. The summed E-state index contributed by atoms with van der Waals surface area (Å²) >= 11 is 0. The molecule has 0 aliphatic rings. The van der Waals surface area contributed by atoms with E-state index in [2.05, 4.69) is 92.1 Å². The van der Waals surface area contributed by atoms with E-state index < -0.39 is 8.07 Å². The first kappa shape index (κ1) is 30.4. The van der Waals surface area contributed by atoms with E-state index in [0.717, 1.165) is 28.9 Å². The van der Waals surface area contributed by atoms with Gasteiger partial charge in [0, 0.05) is 32.5 Å². The zero-order valence-corrected chi connectivity index (χ0v) is 26.8. The first-order chi connectivity index (χ1) is 18.3. The number of benzene rings is 3. The van der Waals surface area contributed by atoms with Crippen LogP contribution in [0.4, 0.5) is 0 Å². The van der Waals surface area contributed by atoms with E-state index in [9.17, 15) is 0 Å². The minimum Gasteiger partial charge on any atom is -0.305 e. The third-order valence-corrected chi connectivity index (χ3v) is 8.33. The Labute approximate surface area is 249 Å². The number of hydrogen-bond donors (Lipinski definition) is 0. The van der Waals surface area contributed by atoms with Crippen molar-refractivity contribution in [1.82, 2.24) is 9.97 Å². The molecule has 2 nitrogen and oxygen atoms in total. The topological polar surface area (TPSA) is 25.8 Å². The molecule has 3 aromatic carbocycles. The van der Waals surface area contributed by atoms with E-state index >= 15 is 0 Å². The summed E-state index contributed by atoms with van der Waals surface area (Å²) in [5, 5.41) is 1.49. The van der Waals surface area contributed by atoms with Gasteiger partial charge in [-0.15, -0.1) is 71.8 Å². The molecule has 0 saturated heterocycles. The maximum Gasteiger partial charge on any atom is 0.0798 e. The SMILES string of the molecule is CC(C)Cc1cc(-c2[c-]cccc2)ncc1[Si](C)(C)C.[Ir].[c-]1ccccc1-c1cc(-c2ccccc2)ccn1. The smallest absolute Gasteiger partial charge is 0.0798 e. The summed E-state index contributed by atoms with van der Waals surface area (Å²) in [6.07, 6.45) is 5.08. The molecule has 2 heterocycles. The minimum absolute atomic E-state index is 0. The molecule has 4 heteroatoms. The fourth-order valence-corrected chi connectivity index (χ4v) is 6.01. The first-order valence-electron chi connectivity index (χ1n) is 13.3. The Balaban J connectivity index is 0.000000211. The molecule has 0 bridgehead atoms. The predicted molar refractivity (Wildman–Crippen MR) is 164 cm³/mol. The molecule has 2 aromatic heterocycles. The molecule has 0 aliphatic heterocycles. The fraction of sp³-hybridized carbons (Fsp3) is 0.200. The van der Waals surface area contributed by atoms with E-state index in [-0.39, 0.29) is 20.1 Å². The zero-order chi connectivity index (χ0) is 27.0. The normalized spacial score (nSPS) is 10.8. The van der Waals surface area contributed by atoms with Crippen LogP contribution in [0.5, 0.6) is 0 Å². The summed E-state index contributed by atoms with van der Waals surface area (Å²) in [5.41, 5.74) is 7.96. The Kier molecular flexibility index (Phi) is 11.1. The van der Waals surface area contributed by atoms with E-state index in [1.807, 2.05) is 72.9 Å². The van der Waals surface area contributed by atoms with Gasteiger partial charge in [0.05, 0.1) is 8.07 Å². The molecule has 0 unspecified atom stereocenters. The molecule has 0 N–H and O–H groups in total. The van der Waals surface area contributed by atoms with Crippen LogP contribution in [0.2, 0.25) is 19.6 Å². The molecule has 5 aromatic rings. The number of pyridine rings is 2. The average molecular weight is 705 g/mol. The van der Waals surface area contributed by atoms with Crippen molar-refractivity contribution in [3.05, 3.63) is 127 Å². The molecule has 5 rings (SSSR count). The average Bonchev–Trinajstić information content (AvgIpc) is 2.94. The number of hydrogen-bond acceptors (Lipinski definition) is 2. The van der Waals surface area contributed by atoms with Crippen molar-refractivity contribution in [1.29, 1.82) is 0 Å². The number of nitrogens with zero attached hydrogens (tertiary/aromatic N) is 2. The van der Waals surface area contributed by atoms with Crippen molar-refractivity contribution in [3.8, 4) is 33.6 Å². The van der Waals surface area contributed by atoms with Crippen molar-refractivity contribution in [2.75, 3.05) is 0 Å². The standard InChI is InChI=1S/C18H24NSi.C17H12N.Ir/c1-14(2)11-16-12-17(15-9-7-6-8-10-15)19-13-18(16)20(3,4)5;1-3-7-14(8-4-1)16-11-12-18-17(13-16)15-9-5-2-6-10-15;/h6-9,12-14H,11H2,1-5H3;1-9,11-13H;/q2*-1;. The van der Waals surface area contributed by atoms with Gasteiger partial charge in [0.2, 0.25) is 0 Å². The van der Waals surface area contributed by atoms with Crippen LogP contribution in [0, 0.1) is 18.1 Å². The van der Waals surface area contributed by atoms with Crippen LogP contribution in [0.1, 0.15) is 19.4 Å². The predicted octanol–water partition coefficient (Wildman–Crippen LogP) is 8.51.